The van der Waals surface area contributed by atoms with Crippen molar-refractivity contribution in [3.8, 4) is 11.4 Å². The summed E-state index contributed by atoms with van der Waals surface area (Å²) in [6.07, 6.45) is 0. The zero-order valence-corrected chi connectivity index (χ0v) is 17.6. The fourth-order valence-corrected chi connectivity index (χ4v) is 4.10. The summed E-state index contributed by atoms with van der Waals surface area (Å²) in [7, 11) is 0. The van der Waals surface area contributed by atoms with Gasteiger partial charge < -0.3 is 10.1 Å². The summed E-state index contributed by atoms with van der Waals surface area (Å²) in [5.41, 5.74) is 5.31. The van der Waals surface area contributed by atoms with E-state index in [1.165, 1.54) is 0 Å². The molecule has 0 radical (unpaired) electrons. The first-order valence-electron chi connectivity index (χ1n) is 10.1. The molecule has 1 N–H and O–H groups in total. The number of hydrogen-bond acceptors (Lipinski definition) is 6. The van der Waals surface area contributed by atoms with Crippen LogP contribution in [0, 0.1) is 6.92 Å². The Morgan fingerprint density at radius 2 is 1.93 bits per heavy atom. The van der Waals surface area contributed by atoms with E-state index in [4.69, 9.17) is 21.3 Å². The van der Waals surface area contributed by atoms with Crippen molar-refractivity contribution in [3.63, 3.8) is 0 Å². The number of hydrogen-bond donors (Lipinski definition) is 1. The number of ether oxygens (including phenoxy) is 1. The van der Waals surface area contributed by atoms with Crippen molar-refractivity contribution in [2.24, 2.45) is 0 Å². The number of nitrogens with zero attached hydrogens (tertiary/aromatic N) is 5. The number of aromatic nitrogens is 4. The molecule has 5 rings (SSSR count). The van der Waals surface area contributed by atoms with Crippen molar-refractivity contribution in [1.82, 2.24) is 24.5 Å². The fraction of sp³-hybridized carbons (Fsp3) is 0.318. The van der Waals surface area contributed by atoms with Gasteiger partial charge in [-0.25, -0.2) is 4.98 Å². The second-order valence-electron chi connectivity index (χ2n) is 7.44. The van der Waals surface area contributed by atoms with Gasteiger partial charge in [0.05, 0.1) is 35.0 Å². The third-order valence-electron chi connectivity index (χ3n) is 5.47. The molecule has 0 amide bonds. The molecular weight excluding hydrogens is 400 g/mol. The van der Waals surface area contributed by atoms with E-state index in [9.17, 15) is 0 Å². The highest BCUT2D eigenvalue weighted by Crippen LogP contribution is 2.30. The van der Waals surface area contributed by atoms with Crippen LogP contribution in [0.5, 0.6) is 0 Å². The lowest BCUT2D eigenvalue weighted by Gasteiger charge is -2.26. The Labute approximate surface area is 179 Å². The number of fused-ring (bicyclic) bond motifs is 3. The molecule has 2 aromatic carbocycles. The Bertz CT molecular complexity index is 1200. The fourth-order valence-electron chi connectivity index (χ4n) is 3.88. The molecule has 0 aliphatic carbocycles. The molecule has 0 atom stereocenters. The molecule has 0 bridgehead atoms. The first-order valence-corrected chi connectivity index (χ1v) is 10.5. The van der Waals surface area contributed by atoms with Crippen molar-refractivity contribution < 1.29 is 4.74 Å². The normalized spacial score (nSPS) is 15.1. The minimum atomic E-state index is 0.647. The lowest BCUT2D eigenvalue weighted by Crippen LogP contribution is -2.39. The van der Waals surface area contributed by atoms with Crippen LogP contribution >= 0.6 is 11.6 Å². The van der Waals surface area contributed by atoms with E-state index >= 15 is 0 Å². The van der Waals surface area contributed by atoms with Crippen LogP contribution in [0.2, 0.25) is 5.02 Å². The van der Waals surface area contributed by atoms with Gasteiger partial charge in [-0.3, -0.25) is 9.30 Å². The van der Waals surface area contributed by atoms with Gasteiger partial charge in [0, 0.05) is 37.4 Å². The minimum Gasteiger partial charge on any atom is -0.384 e. The molecule has 0 spiro atoms. The Morgan fingerprint density at radius 1 is 1.10 bits per heavy atom. The number of halogens is 1. The van der Waals surface area contributed by atoms with Gasteiger partial charge in [0.25, 0.3) is 0 Å². The maximum atomic E-state index is 6.46. The van der Waals surface area contributed by atoms with Crippen LogP contribution in [0.25, 0.3) is 28.1 Å². The third-order valence-corrected chi connectivity index (χ3v) is 5.80. The topological polar surface area (TPSA) is 67.6 Å². The number of anilines is 1. The molecule has 154 valence electrons. The zero-order valence-electron chi connectivity index (χ0n) is 16.8. The van der Waals surface area contributed by atoms with E-state index in [0.29, 0.717) is 5.02 Å². The highest BCUT2D eigenvalue weighted by atomic mass is 35.5. The maximum Gasteiger partial charge on any atom is 0.183 e. The molecule has 0 unspecified atom stereocenters. The molecule has 1 aliphatic heterocycles. The van der Waals surface area contributed by atoms with Crippen LogP contribution in [0.15, 0.2) is 42.5 Å². The number of rotatable bonds is 5. The standard InChI is InChI=1S/C22H23ClN6O/c1-15-21-26-27-22(17-4-2-3-5-18(17)23)29(21)20-14-16(6-7-19(20)25-15)24-8-9-28-10-12-30-13-11-28/h2-7,14,24H,8-13H2,1H3. The van der Waals surface area contributed by atoms with Gasteiger partial charge in [-0.1, -0.05) is 23.7 Å². The summed E-state index contributed by atoms with van der Waals surface area (Å²) in [6.45, 7) is 7.42. The SMILES string of the molecule is Cc1nc2ccc(NCCN3CCOCC3)cc2n2c(-c3ccccc3Cl)nnc12. The van der Waals surface area contributed by atoms with Gasteiger partial charge in [0.2, 0.25) is 0 Å². The molecule has 8 heteroatoms. The van der Waals surface area contributed by atoms with Gasteiger partial charge in [-0.15, -0.1) is 10.2 Å². The largest absolute Gasteiger partial charge is 0.384 e. The first-order chi connectivity index (χ1) is 14.7. The molecule has 0 saturated carbocycles. The quantitative estimate of drug-likeness (QED) is 0.529. The number of aryl methyl sites for hydroxylation is 1. The van der Waals surface area contributed by atoms with Crippen LogP contribution in [0.4, 0.5) is 5.69 Å². The molecule has 1 fully saturated rings. The third kappa shape index (κ3) is 3.60. The molecular formula is C22H23ClN6O. The van der Waals surface area contributed by atoms with Gasteiger partial charge in [0.1, 0.15) is 0 Å². The van der Waals surface area contributed by atoms with E-state index in [-0.39, 0.29) is 0 Å². The summed E-state index contributed by atoms with van der Waals surface area (Å²) in [6, 6.07) is 13.9. The monoisotopic (exact) mass is 422 g/mol. The predicted molar refractivity (Wildman–Crippen MR) is 119 cm³/mol. The Balaban J connectivity index is 1.52. The van der Waals surface area contributed by atoms with Crippen LogP contribution in [0.3, 0.4) is 0 Å². The maximum absolute atomic E-state index is 6.46. The average molecular weight is 423 g/mol. The summed E-state index contributed by atoms with van der Waals surface area (Å²) in [5, 5.41) is 13.0. The van der Waals surface area contributed by atoms with E-state index in [1.807, 2.05) is 41.7 Å². The second-order valence-corrected chi connectivity index (χ2v) is 7.85. The molecule has 7 nitrogen and oxygen atoms in total. The van der Waals surface area contributed by atoms with Crippen LogP contribution in [-0.4, -0.2) is 63.9 Å². The molecule has 30 heavy (non-hydrogen) atoms. The Kier molecular flexibility index (Phi) is 5.25. The van der Waals surface area contributed by atoms with Gasteiger partial charge in [0.15, 0.2) is 11.5 Å². The van der Waals surface area contributed by atoms with E-state index in [0.717, 1.165) is 78.8 Å². The summed E-state index contributed by atoms with van der Waals surface area (Å²) in [5.74, 6) is 0.719. The Hall–Kier alpha value is -2.74. The highest BCUT2D eigenvalue weighted by Gasteiger charge is 2.16. The highest BCUT2D eigenvalue weighted by molar-refractivity contribution is 6.33. The summed E-state index contributed by atoms with van der Waals surface area (Å²) >= 11 is 6.46. The van der Waals surface area contributed by atoms with Gasteiger partial charge >= 0.3 is 0 Å². The first kappa shape index (κ1) is 19.2. The number of nitrogens with one attached hydrogen (secondary N) is 1. The van der Waals surface area contributed by atoms with Gasteiger partial charge in [-0.05, 0) is 37.3 Å². The van der Waals surface area contributed by atoms with Gasteiger partial charge in [-0.2, -0.15) is 0 Å². The van der Waals surface area contributed by atoms with E-state index in [1.54, 1.807) is 0 Å². The van der Waals surface area contributed by atoms with Crippen LogP contribution in [0.1, 0.15) is 5.69 Å². The smallest absolute Gasteiger partial charge is 0.183 e. The molecule has 1 aliphatic rings. The average Bonchev–Trinajstić information content (AvgIpc) is 3.21. The van der Waals surface area contributed by atoms with E-state index in [2.05, 4.69) is 32.5 Å². The minimum absolute atomic E-state index is 0.647. The van der Waals surface area contributed by atoms with Crippen LogP contribution in [-0.2, 0) is 4.74 Å². The molecule has 1 saturated heterocycles. The lowest BCUT2D eigenvalue weighted by molar-refractivity contribution is 0.0398. The zero-order chi connectivity index (χ0) is 20.5. The number of morpholine rings is 1. The Morgan fingerprint density at radius 3 is 2.77 bits per heavy atom. The predicted octanol–water partition coefficient (Wildman–Crippen LogP) is 3.65. The second kappa shape index (κ2) is 8.18. The van der Waals surface area contributed by atoms with Crippen molar-refractivity contribution >= 4 is 34.0 Å². The van der Waals surface area contributed by atoms with E-state index < -0.39 is 0 Å². The molecule has 2 aromatic heterocycles. The summed E-state index contributed by atoms with van der Waals surface area (Å²) < 4.78 is 7.47. The van der Waals surface area contributed by atoms with Crippen molar-refractivity contribution in [3.05, 3.63) is 53.2 Å². The van der Waals surface area contributed by atoms with Crippen molar-refractivity contribution in [2.45, 2.75) is 6.92 Å². The van der Waals surface area contributed by atoms with Crippen molar-refractivity contribution in [1.29, 1.82) is 0 Å². The lowest BCUT2D eigenvalue weighted by atomic mass is 10.2. The van der Waals surface area contributed by atoms with Crippen molar-refractivity contribution in [2.75, 3.05) is 44.7 Å². The number of benzene rings is 2. The molecule has 4 aromatic rings. The van der Waals surface area contributed by atoms with Crippen LogP contribution < -0.4 is 5.32 Å². The molecule has 3 heterocycles. The summed E-state index contributed by atoms with van der Waals surface area (Å²) in [4.78, 5) is 7.13.